The lowest BCUT2D eigenvalue weighted by Crippen LogP contribution is -2.39. The summed E-state index contributed by atoms with van der Waals surface area (Å²) in [5, 5.41) is 7.38. The van der Waals surface area contributed by atoms with Gasteiger partial charge < -0.3 is 9.84 Å². The van der Waals surface area contributed by atoms with Crippen LogP contribution in [0.3, 0.4) is 0 Å². The highest BCUT2D eigenvalue weighted by atomic mass is 16.5. The van der Waals surface area contributed by atoms with E-state index in [9.17, 15) is 0 Å². The molecule has 0 radical (unpaired) electrons. The summed E-state index contributed by atoms with van der Waals surface area (Å²) < 4.78 is 5.00. The third-order valence-corrected chi connectivity index (χ3v) is 3.22. The molecule has 5 heteroatoms. The van der Waals surface area contributed by atoms with Crippen molar-refractivity contribution in [3.63, 3.8) is 0 Å². The number of nitrogens with zero attached hydrogens (tertiary/aromatic N) is 3. The second-order valence-electron chi connectivity index (χ2n) is 4.78. The number of nitrogens with one attached hydrogen (secondary N) is 1. The molecule has 17 heavy (non-hydrogen) atoms. The van der Waals surface area contributed by atoms with Crippen molar-refractivity contribution in [3.8, 4) is 0 Å². The summed E-state index contributed by atoms with van der Waals surface area (Å²) in [6.45, 7) is 9.28. The summed E-state index contributed by atoms with van der Waals surface area (Å²) in [6.07, 6.45) is 2.60. The number of hydrogen-bond donors (Lipinski definition) is 1. The van der Waals surface area contributed by atoms with Gasteiger partial charge >= 0.3 is 0 Å². The van der Waals surface area contributed by atoms with Crippen LogP contribution in [0.1, 0.15) is 31.5 Å². The molecule has 1 aromatic heterocycles. The van der Waals surface area contributed by atoms with Crippen LogP contribution in [0.5, 0.6) is 0 Å². The van der Waals surface area contributed by atoms with Gasteiger partial charge in [0.2, 0.25) is 5.89 Å². The van der Waals surface area contributed by atoms with Crippen LogP contribution in [0.15, 0.2) is 4.52 Å². The Morgan fingerprint density at radius 1 is 1.53 bits per heavy atom. The van der Waals surface area contributed by atoms with Gasteiger partial charge in [-0.05, 0) is 38.4 Å². The number of hydrogen-bond acceptors (Lipinski definition) is 5. The molecule has 2 heterocycles. The van der Waals surface area contributed by atoms with Crippen LogP contribution in [-0.4, -0.2) is 41.2 Å². The van der Waals surface area contributed by atoms with E-state index in [4.69, 9.17) is 4.52 Å². The molecule has 0 amide bonds. The number of aromatic nitrogens is 2. The van der Waals surface area contributed by atoms with E-state index in [0.29, 0.717) is 5.89 Å². The molecule has 96 valence electrons. The van der Waals surface area contributed by atoms with Crippen molar-refractivity contribution in [2.45, 2.75) is 33.2 Å². The quantitative estimate of drug-likeness (QED) is 0.835. The maximum absolute atomic E-state index is 5.00. The first-order valence-electron chi connectivity index (χ1n) is 6.50. The number of aryl methyl sites for hydroxylation is 1. The summed E-state index contributed by atoms with van der Waals surface area (Å²) >= 11 is 0. The van der Waals surface area contributed by atoms with Crippen molar-refractivity contribution in [2.24, 2.45) is 5.92 Å². The summed E-state index contributed by atoms with van der Waals surface area (Å²) in [5.74, 6) is 2.23. The van der Waals surface area contributed by atoms with Crippen molar-refractivity contribution in [2.75, 3.05) is 26.2 Å². The van der Waals surface area contributed by atoms with E-state index in [-0.39, 0.29) is 0 Å². The Morgan fingerprint density at radius 2 is 2.41 bits per heavy atom. The average molecular weight is 238 g/mol. The number of likely N-dealkylation sites (tertiary alicyclic amines) is 1. The van der Waals surface area contributed by atoms with Crippen LogP contribution in [0.4, 0.5) is 0 Å². The smallest absolute Gasteiger partial charge is 0.223 e. The van der Waals surface area contributed by atoms with Gasteiger partial charge in [0.1, 0.15) is 0 Å². The van der Waals surface area contributed by atoms with E-state index in [1.807, 2.05) is 6.92 Å². The van der Waals surface area contributed by atoms with Crippen LogP contribution in [-0.2, 0) is 6.54 Å². The second-order valence-corrected chi connectivity index (χ2v) is 4.78. The molecular weight excluding hydrogens is 216 g/mol. The summed E-state index contributed by atoms with van der Waals surface area (Å²) in [5.41, 5.74) is 0. The molecule has 0 aliphatic carbocycles. The first-order chi connectivity index (χ1) is 8.28. The lowest BCUT2D eigenvalue weighted by Gasteiger charge is -2.31. The maximum atomic E-state index is 5.00. The molecule has 1 fully saturated rings. The van der Waals surface area contributed by atoms with Crippen LogP contribution >= 0.6 is 0 Å². The Kier molecular flexibility index (Phi) is 4.50. The monoisotopic (exact) mass is 238 g/mol. The highest BCUT2D eigenvalue weighted by Gasteiger charge is 2.20. The summed E-state index contributed by atoms with van der Waals surface area (Å²) in [4.78, 5) is 6.68. The Morgan fingerprint density at radius 3 is 3.12 bits per heavy atom. The summed E-state index contributed by atoms with van der Waals surface area (Å²) in [6, 6.07) is 0. The molecule has 5 nitrogen and oxygen atoms in total. The van der Waals surface area contributed by atoms with Gasteiger partial charge in [-0.15, -0.1) is 0 Å². The van der Waals surface area contributed by atoms with Crippen LogP contribution in [0.2, 0.25) is 0 Å². The molecule has 1 aliphatic heterocycles. The zero-order valence-corrected chi connectivity index (χ0v) is 10.8. The van der Waals surface area contributed by atoms with Gasteiger partial charge in [0.05, 0.1) is 6.54 Å². The van der Waals surface area contributed by atoms with Gasteiger partial charge in [-0.1, -0.05) is 12.1 Å². The molecule has 0 bridgehead atoms. The molecule has 0 aromatic carbocycles. The average Bonchev–Trinajstić information content (AvgIpc) is 2.73. The normalized spacial score (nSPS) is 21.9. The molecule has 1 N–H and O–H groups in total. The molecule has 0 spiro atoms. The molecule has 1 aliphatic rings. The van der Waals surface area contributed by atoms with E-state index < -0.39 is 0 Å². The van der Waals surface area contributed by atoms with Crippen molar-refractivity contribution < 1.29 is 4.52 Å². The maximum Gasteiger partial charge on any atom is 0.223 e. The van der Waals surface area contributed by atoms with Crippen LogP contribution in [0, 0.1) is 12.8 Å². The lowest BCUT2D eigenvalue weighted by molar-refractivity contribution is 0.161. The zero-order chi connectivity index (χ0) is 12.1. The fraction of sp³-hybridized carbons (Fsp3) is 0.833. The van der Waals surface area contributed by atoms with Crippen molar-refractivity contribution in [3.05, 3.63) is 11.7 Å². The van der Waals surface area contributed by atoms with Gasteiger partial charge in [-0.2, -0.15) is 4.98 Å². The second kappa shape index (κ2) is 6.12. The van der Waals surface area contributed by atoms with E-state index in [0.717, 1.165) is 44.5 Å². The van der Waals surface area contributed by atoms with Crippen LogP contribution < -0.4 is 5.32 Å². The van der Waals surface area contributed by atoms with Crippen molar-refractivity contribution >= 4 is 0 Å². The van der Waals surface area contributed by atoms with Crippen LogP contribution in [0.25, 0.3) is 0 Å². The fourth-order valence-electron chi connectivity index (χ4n) is 2.42. The largest absolute Gasteiger partial charge is 0.340 e. The third kappa shape index (κ3) is 3.78. The molecule has 1 unspecified atom stereocenters. The zero-order valence-electron chi connectivity index (χ0n) is 10.8. The van der Waals surface area contributed by atoms with E-state index in [1.165, 1.54) is 12.8 Å². The lowest BCUT2D eigenvalue weighted by atomic mass is 9.98. The van der Waals surface area contributed by atoms with Gasteiger partial charge in [0.25, 0.3) is 0 Å². The minimum absolute atomic E-state index is 0.654. The van der Waals surface area contributed by atoms with Gasteiger partial charge in [-0.25, -0.2) is 0 Å². The Labute approximate surface area is 103 Å². The van der Waals surface area contributed by atoms with Gasteiger partial charge in [-0.3, -0.25) is 4.90 Å². The molecule has 2 rings (SSSR count). The standard InChI is InChI=1S/C12H22N4O/c1-3-13-7-11-5-4-6-16(8-11)9-12-14-10(2)17-15-12/h11,13H,3-9H2,1-2H3. The Bertz CT molecular complexity index is 339. The Hall–Kier alpha value is -0.940. The third-order valence-electron chi connectivity index (χ3n) is 3.22. The topological polar surface area (TPSA) is 54.2 Å². The molecular formula is C12H22N4O. The fourth-order valence-corrected chi connectivity index (χ4v) is 2.42. The minimum Gasteiger partial charge on any atom is -0.340 e. The molecule has 1 saturated heterocycles. The highest BCUT2D eigenvalue weighted by molar-refractivity contribution is 4.85. The molecule has 1 atom stereocenters. The molecule has 1 aromatic rings. The first kappa shape index (κ1) is 12.5. The number of piperidine rings is 1. The minimum atomic E-state index is 0.654. The SMILES string of the molecule is CCNCC1CCCN(Cc2noc(C)n2)C1. The summed E-state index contributed by atoms with van der Waals surface area (Å²) in [7, 11) is 0. The first-order valence-corrected chi connectivity index (χ1v) is 6.50. The van der Waals surface area contributed by atoms with Gasteiger partial charge in [0.15, 0.2) is 5.82 Å². The van der Waals surface area contributed by atoms with E-state index >= 15 is 0 Å². The van der Waals surface area contributed by atoms with Crippen molar-refractivity contribution in [1.82, 2.24) is 20.4 Å². The van der Waals surface area contributed by atoms with Crippen molar-refractivity contribution in [1.29, 1.82) is 0 Å². The predicted octanol–water partition coefficient (Wildman–Crippen LogP) is 1.20. The van der Waals surface area contributed by atoms with Gasteiger partial charge in [0, 0.05) is 13.5 Å². The molecule has 0 saturated carbocycles. The highest BCUT2D eigenvalue weighted by Crippen LogP contribution is 2.17. The predicted molar refractivity (Wildman–Crippen MR) is 65.6 cm³/mol. The Balaban J connectivity index is 1.80. The van der Waals surface area contributed by atoms with E-state index in [2.05, 4.69) is 27.3 Å². The number of rotatable bonds is 5. The van der Waals surface area contributed by atoms with E-state index in [1.54, 1.807) is 0 Å².